The number of sulfonamides is 2. The van der Waals surface area contributed by atoms with E-state index in [1.165, 1.54) is 23.5 Å². The fourth-order valence-corrected chi connectivity index (χ4v) is 6.71. The van der Waals surface area contributed by atoms with Crippen molar-refractivity contribution in [3.8, 4) is 5.75 Å². The normalized spacial score (nSPS) is 13.9. The highest BCUT2D eigenvalue weighted by molar-refractivity contribution is 7.93. The molecule has 9 heteroatoms. The molecule has 7 nitrogen and oxygen atoms in total. The molecule has 0 saturated heterocycles. The maximum absolute atomic E-state index is 13.3. The highest BCUT2D eigenvalue weighted by Gasteiger charge is 2.29. The number of hydrogen-bond donors (Lipinski definition) is 1. The molecule has 0 amide bonds. The van der Waals surface area contributed by atoms with E-state index in [0.29, 0.717) is 42.1 Å². The SMILES string of the molecule is COc1ccc(S(=O)(=O)N2CCCc3cc(NS(=O)(=O)Cc4cccc(C)c4)ccc32)cc1. The fraction of sp³-hybridized carbons (Fsp3) is 0.250. The molecule has 0 saturated carbocycles. The molecule has 0 aromatic heterocycles. The van der Waals surface area contributed by atoms with Crippen molar-refractivity contribution >= 4 is 31.4 Å². The van der Waals surface area contributed by atoms with Gasteiger partial charge in [-0.05, 0) is 73.4 Å². The summed E-state index contributed by atoms with van der Waals surface area (Å²) in [5.74, 6) is 0.444. The third-order valence-corrected chi connectivity index (χ3v) is 8.60. The molecule has 0 spiro atoms. The summed E-state index contributed by atoms with van der Waals surface area (Å²) in [6.45, 7) is 2.28. The molecular formula is C24H26N2O5S2. The third-order valence-electron chi connectivity index (χ3n) is 5.52. The molecule has 4 rings (SSSR count). The van der Waals surface area contributed by atoms with Gasteiger partial charge in [0.15, 0.2) is 0 Å². The van der Waals surface area contributed by atoms with E-state index in [1.54, 1.807) is 36.4 Å². The maximum Gasteiger partial charge on any atom is 0.264 e. The fourth-order valence-electron chi connectivity index (χ4n) is 3.99. The lowest BCUT2D eigenvalue weighted by Gasteiger charge is -2.31. The average Bonchev–Trinajstić information content (AvgIpc) is 2.78. The Morgan fingerprint density at radius 3 is 2.42 bits per heavy atom. The molecule has 0 fully saturated rings. The molecule has 0 atom stereocenters. The van der Waals surface area contributed by atoms with Crippen molar-refractivity contribution in [2.24, 2.45) is 0 Å². The number of aryl methyl sites for hydroxylation is 2. The van der Waals surface area contributed by atoms with Gasteiger partial charge in [-0.25, -0.2) is 16.8 Å². The Morgan fingerprint density at radius 2 is 1.73 bits per heavy atom. The van der Waals surface area contributed by atoms with E-state index in [-0.39, 0.29) is 10.6 Å². The molecule has 0 unspecified atom stereocenters. The monoisotopic (exact) mass is 486 g/mol. The van der Waals surface area contributed by atoms with E-state index in [0.717, 1.165) is 11.1 Å². The minimum absolute atomic E-state index is 0.135. The third kappa shape index (κ3) is 5.15. The number of anilines is 2. The molecule has 1 aliphatic rings. The molecule has 3 aromatic carbocycles. The van der Waals surface area contributed by atoms with E-state index in [2.05, 4.69) is 4.72 Å². The van der Waals surface area contributed by atoms with E-state index in [4.69, 9.17) is 4.74 Å². The van der Waals surface area contributed by atoms with Gasteiger partial charge in [-0.1, -0.05) is 29.8 Å². The van der Waals surface area contributed by atoms with Gasteiger partial charge < -0.3 is 4.74 Å². The summed E-state index contributed by atoms with van der Waals surface area (Å²) in [7, 11) is -5.85. The van der Waals surface area contributed by atoms with Gasteiger partial charge in [0.2, 0.25) is 10.0 Å². The molecule has 0 radical (unpaired) electrons. The van der Waals surface area contributed by atoms with Crippen molar-refractivity contribution < 1.29 is 21.6 Å². The number of benzene rings is 3. The number of nitrogens with one attached hydrogen (secondary N) is 1. The van der Waals surface area contributed by atoms with Crippen LogP contribution in [0.4, 0.5) is 11.4 Å². The van der Waals surface area contributed by atoms with Crippen LogP contribution in [0.5, 0.6) is 5.75 Å². The molecule has 1 heterocycles. The Morgan fingerprint density at radius 1 is 0.970 bits per heavy atom. The van der Waals surface area contributed by atoms with Gasteiger partial charge in [-0.2, -0.15) is 0 Å². The van der Waals surface area contributed by atoms with Gasteiger partial charge in [-0.3, -0.25) is 9.03 Å². The second-order valence-electron chi connectivity index (χ2n) is 8.05. The molecular weight excluding hydrogens is 460 g/mol. The van der Waals surface area contributed by atoms with Crippen LogP contribution < -0.4 is 13.8 Å². The van der Waals surface area contributed by atoms with Gasteiger partial charge in [0.25, 0.3) is 10.0 Å². The lowest BCUT2D eigenvalue weighted by molar-refractivity contribution is 0.414. The topological polar surface area (TPSA) is 92.8 Å². The Balaban J connectivity index is 1.58. The highest BCUT2D eigenvalue weighted by Crippen LogP contribution is 2.34. The minimum Gasteiger partial charge on any atom is -0.497 e. The van der Waals surface area contributed by atoms with Crippen LogP contribution in [0.25, 0.3) is 0 Å². The summed E-state index contributed by atoms with van der Waals surface area (Å²) in [6.07, 6.45) is 1.30. The van der Waals surface area contributed by atoms with Gasteiger partial charge in [0, 0.05) is 12.2 Å². The second-order valence-corrected chi connectivity index (χ2v) is 11.6. The Hall–Kier alpha value is -3.04. The Labute approximate surface area is 195 Å². The molecule has 174 valence electrons. The van der Waals surface area contributed by atoms with Crippen LogP contribution in [0, 0.1) is 6.92 Å². The van der Waals surface area contributed by atoms with Crippen molar-refractivity contribution in [1.29, 1.82) is 0 Å². The summed E-state index contributed by atoms with van der Waals surface area (Å²) in [5.41, 5.74) is 3.48. The van der Waals surface area contributed by atoms with Crippen LogP contribution >= 0.6 is 0 Å². The predicted octanol–water partition coefficient (Wildman–Crippen LogP) is 4.09. The van der Waals surface area contributed by atoms with Gasteiger partial charge in [-0.15, -0.1) is 0 Å². The number of hydrogen-bond acceptors (Lipinski definition) is 5. The van der Waals surface area contributed by atoms with E-state index in [1.807, 2.05) is 25.1 Å². The zero-order chi connectivity index (χ0) is 23.6. The highest BCUT2D eigenvalue weighted by atomic mass is 32.2. The Kier molecular flexibility index (Phi) is 6.36. The van der Waals surface area contributed by atoms with E-state index < -0.39 is 20.0 Å². The first-order valence-corrected chi connectivity index (χ1v) is 13.6. The number of fused-ring (bicyclic) bond motifs is 1. The molecule has 0 aliphatic carbocycles. The van der Waals surface area contributed by atoms with Crippen molar-refractivity contribution in [2.45, 2.75) is 30.4 Å². The molecule has 0 bridgehead atoms. The minimum atomic E-state index is -3.75. The van der Waals surface area contributed by atoms with Crippen LogP contribution in [0.3, 0.4) is 0 Å². The first-order valence-electron chi connectivity index (χ1n) is 10.5. The first-order chi connectivity index (χ1) is 15.7. The number of rotatable bonds is 7. The van der Waals surface area contributed by atoms with Crippen molar-refractivity contribution in [3.05, 3.63) is 83.4 Å². The number of methoxy groups -OCH3 is 1. The first kappa shape index (κ1) is 23.1. The van der Waals surface area contributed by atoms with Crippen LogP contribution in [0.15, 0.2) is 71.6 Å². The van der Waals surface area contributed by atoms with Crippen molar-refractivity contribution in [1.82, 2.24) is 0 Å². The summed E-state index contributed by atoms with van der Waals surface area (Å²) >= 11 is 0. The number of nitrogens with zero attached hydrogens (tertiary/aromatic N) is 1. The standard InChI is InChI=1S/C24H26N2O5S2/c1-18-5-3-6-19(15-18)17-32(27,28)25-21-8-13-24-20(16-21)7-4-14-26(24)33(29,30)23-11-9-22(31-2)10-12-23/h3,5-6,8-13,15-16,25H,4,7,14,17H2,1-2H3. The summed E-state index contributed by atoms with van der Waals surface area (Å²) < 4.78 is 61.0. The maximum atomic E-state index is 13.3. The average molecular weight is 487 g/mol. The largest absolute Gasteiger partial charge is 0.497 e. The summed E-state index contributed by atoms with van der Waals surface area (Å²) in [4.78, 5) is 0.180. The van der Waals surface area contributed by atoms with Crippen LogP contribution in [-0.4, -0.2) is 30.5 Å². The smallest absolute Gasteiger partial charge is 0.264 e. The lowest BCUT2D eigenvalue weighted by atomic mass is 10.0. The second kappa shape index (κ2) is 9.07. The molecule has 33 heavy (non-hydrogen) atoms. The predicted molar refractivity (Wildman–Crippen MR) is 130 cm³/mol. The lowest BCUT2D eigenvalue weighted by Crippen LogP contribution is -2.35. The van der Waals surface area contributed by atoms with Crippen molar-refractivity contribution in [3.63, 3.8) is 0 Å². The Bertz CT molecular complexity index is 1370. The van der Waals surface area contributed by atoms with Crippen molar-refractivity contribution in [2.75, 3.05) is 22.7 Å². The molecule has 1 aliphatic heterocycles. The summed E-state index contributed by atoms with van der Waals surface area (Å²) in [6, 6.07) is 18.6. The zero-order valence-corrected chi connectivity index (χ0v) is 20.1. The van der Waals surface area contributed by atoms with E-state index >= 15 is 0 Å². The van der Waals surface area contributed by atoms with Gasteiger partial charge in [0.05, 0.1) is 23.4 Å². The van der Waals surface area contributed by atoms with Crippen LogP contribution in [0.1, 0.15) is 23.1 Å². The van der Waals surface area contributed by atoms with Gasteiger partial charge in [0.1, 0.15) is 5.75 Å². The quantitative estimate of drug-likeness (QED) is 0.543. The molecule has 3 aromatic rings. The molecule has 1 N–H and O–H groups in total. The van der Waals surface area contributed by atoms with Gasteiger partial charge >= 0.3 is 0 Å². The van der Waals surface area contributed by atoms with Crippen LogP contribution in [0.2, 0.25) is 0 Å². The summed E-state index contributed by atoms with van der Waals surface area (Å²) in [5, 5.41) is 0. The number of ether oxygens (including phenoxy) is 1. The van der Waals surface area contributed by atoms with E-state index in [9.17, 15) is 16.8 Å². The van der Waals surface area contributed by atoms with Crippen LogP contribution in [-0.2, 0) is 32.2 Å². The zero-order valence-electron chi connectivity index (χ0n) is 18.5.